The van der Waals surface area contributed by atoms with E-state index in [9.17, 15) is 9.59 Å². The first-order valence-electron chi connectivity index (χ1n) is 5.97. The molecule has 1 heterocycles. The number of aryl methyl sites for hydroxylation is 2. The predicted molar refractivity (Wildman–Crippen MR) is 73.2 cm³/mol. The number of nitrogens with zero attached hydrogens (tertiary/aromatic N) is 1. The van der Waals surface area contributed by atoms with E-state index in [1.165, 1.54) is 16.8 Å². The number of hydrogen-bond acceptors (Lipinski definition) is 2. The van der Waals surface area contributed by atoms with E-state index >= 15 is 0 Å². The van der Waals surface area contributed by atoms with Crippen LogP contribution in [0.25, 0.3) is 11.1 Å². The summed E-state index contributed by atoms with van der Waals surface area (Å²) in [4.78, 5) is 22.5. The summed E-state index contributed by atoms with van der Waals surface area (Å²) in [6, 6.07) is 9.29. The van der Waals surface area contributed by atoms with Crippen molar-refractivity contribution < 1.29 is 9.90 Å². The first-order chi connectivity index (χ1) is 8.97. The van der Waals surface area contributed by atoms with Crippen molar-refractivity contribution in [2.24, 2.45) is 0 Å². The Morgan fingerprint density at radius 1 is 1.21 bits per heavy atom. The van der Waals surface area contributed by atoms with Crippen molar-refractivity contribution >= 4 is 5.97 Å². The minimum Gasteiger partial charge on any atom is -0.480 e. The summed E-state index contributed by atoms with van der Waals surface area (Å²) < 4.78 is 1.18. The van der Waals surface area contributed by atoms with Gasteiger partial charge in [0.25, 0.3) is 5.56 Å². The van der Waals surface area contributed by atoms with E-state index in [2.05, 4.69) is 0 Å². The van der Waals surface area contributed by atoms with E-state index in [4.69, 9.17) is 5.11 Å². The Bertz CT molecular complexity index is 686. The molecule has 1 aromatic carbocycles. The molecule has 0 bridgehead atoms. The van der Waals surface area contributed by atoms with E-state index in [0.717, 1.165) is 22.3 Å². The smallest absolute Gasteiger partial charge is 0.323 e. The average molecular weight is 257 g/mol. The second-order valence-electron chi connectivity index (χ2n) is 4.59. The fourth-order valence-electron chi connectivity index (χ4n) is 2.00. The van der Waals surface area contributed by atoms with Crippen molar-refractivity contribution in [2.45, 2.75) is 20.4 Å². The van der Waals surface area contributed by atoms with Crippen LogP contribution >= 0.6 is 0 Å². The third kappa shape index (κ3) is 2.91. The Morgan fingerprint density at radius 3 is 2.58 bits per heavy atom. The van der Waals surface area contributed by atoms with Gasteiger partial charge in [0, 0.05) is 12.3 Å². The number of carboxylic acids is 1. The van der Waals surface area contributed by atoms with Crippen LogP contribution in [0.1, 0.15) is 11.1 Å². The Labute approximate surface area is 110 Å². The number of rotatable bonds is 3. The third-order valence-electron chi connectivity index (χ3n) is 3.01. The number of benzene rings is 1. The number of pyridine rings is 1. The maximum absolute atomic E-state index is 11.8. The molecule has 0 aliphatic carbocycles. The van der Waals surface area contributed by atoms with Gasteiger partial charge < -0.3 is 9.67 Å². The van der Waals surface area contributed by atoms with Crippen LogP contribution in [0.4, 0.5) is 0 Å². The van der Waals surface area contributed by atoms with Gasteiger partial charge in [0.1, 0.15) is 6.54 Å². The normalized spacial score (nSPS) is 10.4. The molecule has 0 unspecified atom stereocenters. The zero-order valence-corrected chi connectivity index (χ0v) is 10.9. The van der Waals surface area contributed by atoms with Gasteiger partial charge in [0.05, 0.1) is 0 Å². The molecule has 0 saturated carbocycles. The second-order valence-corrected chi connectivity index (χ2v) is 4.59. The molecule has 1 aromatic heterocycles. The fraction of sp³-hybridized carbons (Fsp3) is 0.200. The first-order valence-corrected chi connectivity index (χ1v) is 5.97. The Balaban J connectivity index is 2.47. The van der Waals surface area contributed by atoms with Crippen LogP contribution in [0.5, 0.6) is 0 Å². The molecule has 0 amide bonds. The summed E-state index contributed by atoms with van der Waals surface area (Å²) in [6.45, 7) is 3.66. The SMILES string of the molecule is Cc1ccc(C)c(-c2ccn(CC(=O)O)c(=O)c2)c1. The third-order valence-corrected chi connectivity index (χ3v) is 3.01. The lowest BCUT2D eigenvalue weighted by Crippen LogP contribution is -2.22. The quantitative estimate of drug-likeness (QED) is 0.917. The summed E-state index contributed by atoms with van der Waals surface area (Å²) >= 11 is 0. The molecule has 0 fully saturated rings. The summed E-state index contributed by atoms with van der Waals surface area (Å²) in [7, 11) is 0. The topological polar surface area (TPSA) is 59.3 Å². The average Bonchev–Trinajstić information content (AvgIpc) is 2.34. The number of aromatic nitrogens is 1. The van der Waals surface area contributed by atoms with E-state index in [1.54, 1.807) is 6.07 Å². The lowest BCUT2D eigenvalue weighted by atomic mass is 9.99. The van der Waals surface area contributed by atoms with Crippen LogP contribution in [-0.2, 0) is 11.3 Å². The summed E-state index contributed by atoms with van der Waals surface area (Å²) in [6.07, 6.45) is 1.52. The molecule has 0 aliphatic heterocycles. The molecule has 0 radical (unpaired) electrons. The maximum Gasteiger partial charge on any atom is 0.323 e. The first kappa shape index (κ1) is 13.1. The monoisotopic (exact) mass is 257 g/mol. The summed E-state index contributed by atoms with van der Waals surface area (Å²) in [5.74, 6) is -1.03. The molecule has 98 valence electrons. The van der Waals surface area contributed by atoms with Crippen molar-refractivity contribution in [3.63, 3.8) is 0 Å². The minimum absolute atomic E-state index is 0.305. The van der Waals surface area contributed by atoms with Crippen LogP contribution in [-0.4, -0.2) is 15.6 Å². The molecular weight excluding hydrogens is 242 g/mol. The van der Waals surface area contributed by atoms with E-state index in [-0.39, 0.29) is 12.1 Å². The zero-order valence-electron chi connectivity index (χ0n) is 10.9. The highest BCUT2D eigenvalue weighted by Crippen LogP contribution is 2.23. The van der Waals surface area contributed by atoms with Gasteiger partial charge in [-0.25, -0.2) is 0 Å². The van der Waals surface area contributed by atoms with Crippen molar-refractivity contribution in [1.82, 2.24) is 4.57 Å². The fourth-order valence-corrected chi connectivity index (χ4v) is 2.00. The molecule has 4 heteroatoms. The van der Waals surface area contributed by atoms with Crippen LogP contribution in [0.3, 0.4) is 0 Å². The number of carboxylic acid groups (broad SMARTS) is 1. The Hall–Kier alpha value is -2.36. The molecule has 19 heavy (non-hydrogen) atoms. The Morgan fingerprint density at radius 2 is 1.95 bits per heavy atom. The minimum atomic E-state index is -1.03. The zero-order chi connectivity index (χ0) is 14.0. The van der Waals surface area contributed by atoms with Gasteiger partial charge in [0.15, 0.2) is 0 Å². The predicted octanol–water partition coefficient (Wildman–Crippen LogP) is 2.22. The lowest BCUT2D eigenvalue weighted by molar-refractivity contribution is -0.137. The lowest BCUT2D eigenvalue weighted by Gasteiger charge is -2.08. The van der Waals surface area contributed by atoms with Crippen LogP contribution in [0.2, 0.25) is 0 Å². The van der Waals surface area contributed by atoms with E-state index in [0.29, 0.717) is 0 Å². The van der Waals surface area contributed by atoms with Crippen LogP contribution < -0.4 is 5.56 Å². The molecule has 4 nitrogen and oxygen atoms in total. The van der Waals surface area contributed by atoms with Gasteiger partial charge in [-0.15, -0.1) is 0 Å². The van der Waals surface area contributed by atoms with Crippen LogP contribution in [0, 0.1) is 13.8 Å². The molecule has 0 aliphatic rings. The Kier molecular flexibility index (Phi) is 3.51. The van der Waals surface area contributed by atoms with Gasteiger partial charge in [-0.2, -0.15) is 0 Å². The maximum atomic E-state index is 11.8. The molecule has 0 atom stereocenters. The van der Waals surface area contributed by atoms with Gasteiger partial charge >= 0.3 is 5.97 Å². The van der Waals surface area contributed by atoms with Crippen molar-refractivity contribution in [1.29, 1.82) is 0 Å². The summed E-state index contributed by atoms with van der Waals surface area (Å²) in [5, 5.41) is 8.70. The van der Waals surface area contributed by atoms with Gasteiger partial charge in [0.2, 0.25) is 0 Å². The van der Waals surface area contributed by atoms with Gasteiger partial charge in [-0.1, -0.05) is 23.8 Å². The highest BCUT2D eigenvalue weighted by atomic mass is 16.4. The highest BCUT2D eigenvalue weighted by molar-refractivity contribution is 5.68. The number of carbonyl (C=O) groups is 1. The molecule has 1 N–H and O–H groups in total. The molecule has 2 rings (SSSR count). The van der Waals surface area contributed by atoms with E-state index < -0.39 is 5.97 Å². The number of aliphatic carboxylic acids is 1. The van der Waals surface area contributed by atoms with Gasteiger partial charge in [-0.05, 0) is 36.6 Å². The van der Waals surface area contributed by atoms with E-state index in [1.807, 2.05) is 32.0 Å². The molecular formula is C15H15NO3. The standard InChI is InChI=1S/C15H15NO3/c1-10-3-4-11(2)13(7-10)12-5-6-16(9-15(18)19)14(17)8-12/h3-8H,9H2,1-2H3,(H,18,19). The largest absolute Gasteiger partial charge is 0.480 e. The highest BCUT2D eigenvalue weighted by Gasteiger charge is 2.06. The number of hydrogen-bond donors (Lipinski definition) is 1. The second kappa shape index (κ2) is 5.10. The molecule has 2 aromatic rings. The van der Waals surface area contributed by atoms with Crippen molar-refractivity contribution in [3.05, 3.63) is 58.0 Å². The molecule has 0 spiro atoms. The summed E-state index contributed by atoms with van der Waals surface area (Å²) in [5.41, 5.74) is 3.71. The van der Waals surface area contributed by atoms with Crippen molar-refractivity contribution in [2.75, 3.05) is 0 Å². The van der Waals surface area contributed by atoms with Crippen molar-refractivity contribution in [3.8, 4) is 11.1 Å². The van der Waals surface area contributed by atoms with Crippen LogP contribution in [0.15, 0.2) is 41.3 Å². The molecule has 0 saturated heterocycles. The van der Waals surface area contributed by atoms with Gasteiger partial charge in [-0.3, -0.25) is 9.59 Å².